The third-order valence-corrected chi connectivity index (χ3v) is 3.17. The fraction of sp³-hybridized carbons (Fsp3) is 0.857. The molecule has 0 heterocycles. The minimum atomic E-state index is -0.774. The highest BCUT2D eigenvalue weighted by atomic mass is 16.4. The van der Waals surface area contributed by atoms with Gasteiger partial charge in [0.05, 0.1) is 0 Å². The van der Waals surface area contributed by atoms with E-state index >= 15 is 0 Å². The van der Waals surface area contributed by atoms with Gasteiger partial charge in [-0.3, -0.25) is 4.79 Å². The molecule has 0 aliphatic carbocycles. The van der Waals surface area contributed by atoms with Crippen LogP contribution < -0.4 is 16.0 Å². The van der Waals surface area contributed by atoms with E-state index in [4.69, 9.17) is 5.11 Å². The molecule has 0 fully saturated rings. The predicted octanol–water partition coefficient (Wildman–Crippen LogP) is 1.57. The lowest BCUT2D eigenvalue weighted by Gasteiger charge is -2.23. The standard InChI is InChI=1S/C14H29N3O3/c1-4-15-9-5-10-16-13(20)17-11-8-14(2,3)7-6-12(18)19/h15H,4-11H2,1-3H3,(H,18,19)(H2,16,17,20). The van der Waals surface area contributed by atoms with Gasteiger partial charge in [0.25, 0.3) is 0 Å². The van der Waals surface area contributed by atoms with Crippen LogP contribution in [0.1, 0.15) is 46.5 Å². The second kappa shape index (κ2) is 10.5. The summed E-state index contributed by atoms with van der Waals surface area (Å²) in [7, 11) is 0. The maximum atomic E-state index is 11.5. The van der Waals surface area contributed by atoms with Gasteiger partial charge in [-0.15, -0.1) is 0 Å². The van der Waals surface area contributed by atoms with Crippen LogP contribution in [0.5, 0.6) is 0 Å². The lowest BCUT2D eigenvalue weighted by Crippen LogP contribution is -2.38. The molecule has 0 aromatic heterocycles. The number of aliphatic carboxylic acids is 1. The summed E-state index contributed by atoms with van der Waals surface area (Å²) in [5.74, 6) is -0.774. The maximum absolute atomic E-state index is 11.5. The van der Waals surface area contributed by atoms with Crippen LogP contribution >= 0.6 is 0 Å². The number of carbonyl (C=O) groups excluding carboxylic acids is 1. The van der Waals surface area contributed by atoms with E-state index in [0.717, 1.165) is 25.9 Å². The van der Waals surface area contributed by atoms with E-state index < -0.39 is 5.97 Å². The van der Waals surface area contributed by atoms with E-state index in [1.54, 1.807) is 0 Å². The number of carboxylic acids is 1. The van der Waals surface area contributed by atoms with Crippen molar-refractivity contribution in [1.82, 2.24) is 16.0 Å². The van der Waals surface area contributed by atoms with Crippen LogP contribution in [0.25, 0.3) is 0 Å². The summed E-state index contributed by atoms with van der Waals surface area (Å²) in [5, 5.41) is 17.4. The molecule has 0 aromatic carbocycles. The van der Waals surface area contributed by atoms with Crippen LogP contribution in [0.2, 0.25) is 0 Å². The Hall–Kier alpha value is -1.30. The summed E-state index contributed by atoms with van der Waals surface area (Å²) in [6.07, 6.45) is 2.47. The smallest absolute Gasteiger partial charge is 0.314 e. The van der Waals surface area contributed by atoms with Crippen molar-refractivity contribution in [3.63, 3.8) is 0 Å². The molecule has 0 saturated carbocycles. The molecule has 6 nitrogen and oxygen atoms in total. The van der Waals surface area contributed by atoms with Crippen molar-refractivity contribution < 1.29 is 14.7 Å². The fourth-order valence-electron chi connectivity index (χ4n) is 1.74. The summed E-state index contributed by atoms with van der Waals surface area (Å²) in [6, 6.07) is -0.157. The largest absolute Gasteiger partial charge is 0.481 e. The molecule has 0 atom stereocenters. The molecular weight excluding hydrogens is 258 g/mol. The molecular formula is C14H29N3O3. The first-order valence-electron chi connectivity index (χ1n) is 7.31. The molecule has 0 unspecified atom stereocenters. The van der Waals surface area contributed by atoms with Gasteiger partial charge in [0, 0.05) is 19.5 Å². The SMILES string of the molecule is CCNCCCNC(=O)NCCC(C)(C)CCC(=O)O. The Morgan fingerprint density at radius 2 is 1.70 bits per heavy atom. The quantitative estimate of drug-likeness (QED) is 0.434. The van der Waals surface area contributed by atoms with E-state index in [1.807, 2.05) is 20.8 Å². The number of carboxylic acid groups (broad SMARTS) is 1. The van der Waals surface area contributed by atoms with Gasteiger partial charge in [0.15, 0.2) is 0 Å². The van der Waals surface area contributed by atoms with Gasteiger partial charge >= 0.3 is 12.0 Å². The molecule has 0 aliphatic heterocycles. The topological polar surface area (TPSA) is 90.5 Å². The molecule has 118 valence electrons. The summed E-state index contributed by atoms with van der Waals surface area (Å²) < 4.78 is 0. The summed E-state index contributed by atoms with van der Waals surface area (Å²) in [4.78, 5) is 22.0. The van der Waals surface area contributed by atoms with E-state index in [9.17, 15) is 9.59 Å². The highest BCUT2D eigenvalue weighted by molar-refractivity contribution is 5.73. The maximum Gasteiger partial charge on any atom is 0.314 e. The number of amides is 2. The minimum Gasteiger partial charge on any atom is -0.481 e. The van der Waals surface area contributed by atoms with E-state index in [2.05, 4.69) is 16.0 Å². The Morgan fingerprint density at radius 3 is 2.30 bits per heavy atom. The average molecular weight is 287 g/mol. The first-order chi connectivity index (χ1) is 9.37. The average Bonchev–Trinajstić information content (AvgIpc) is 2.36. The Bertz CT molecular complexity index is 293. The molecule has 4 N–H and O–H groups in total. The zero-order valence-electron chi connectivity index (χ0n) is 12.9. The van der Waals surface area contributed by atoms with Crippen molar-refractivity contribution in [3.05, 3.63) is 0 Å². The van der Waals surface area contributed by atoms with Crippen molar-refractivity contribution in [3.8, 4) is 0 Å². The molecule has 0 saturated heterocycles. The number of rotatable bonds is 11. The summed E-state index contributed by atoms with van der Waals surface area (Å²) in [5.41, 5.74) is -0.0727. The van der Waals surface area contributed by atoms with Gasteiger partial charge in [0.1, 0.15) is 0 Å². The number of urea groups is 1. The van der Waals surface area contributed by atoms with Crippen molar-refractivity contribution in [2.75, 3.05) is 26.2 Å². The zero-order chi connectivity index (χ0) is 15.4. The van der Waals surface area contributed by atoms with Crippen molar-refractivity contribution >= 4 is 12.0 Å². The third-order valence-electron chi connectivity index (χ3n) is 3.17. The molecule has 0 radical (unpaired) electrons. The van der Waals surface area contributed by atoms with Gasteiger partial charge in [-0.05, 0) is 37.8 Å². The first kappa shape index (κ1) is 18.7. The van der Waals surface area contributed by atoms with E-state index in [0.29, 0.717) is 19.5 Å². The van der Waals surface area contributed by atoms with Crippen molar-refractivity contribution in [2.24, 2.45) is 5.41 Å². The zero-order valence-corrected chi connectivity index (χ0v) is 12.9. The highest BCUT2D eigenvalue weighted by Gasteiger charge is 2.19. The first-order valence-corrected chi connectivity index (χ1v) is 7.31. The van der Waals surface area contributed by atoms with Gasteiger partial charge in [-0.1, -0.05) is 20.8 Å². The molecule has 0 rings (SSSR count). The Balaban J connectivity index is 3.61. The third kappa shape index (κ3) is 11.8. The van der Waals surface area contributed by atoms with Gasteiger partial charge in [-0.2, -0.15) is 0 Å². The van der Waals surface area contributed by atoms with Gasteiger partial charge < -0.3 is 21.1 Å². The molecule has 2 amide bonds. The lowest BCUT2D eigenvalue weighted by atomic mass is 9.84. The van der Waals surface area contributed by atoms with Crippen molar-refractivity contribution in [2.45, 2.75) is 46.5 Å². The minimum absolute atomic E-state index is 0.0727. The molecule has 0 spiro atoms. The van der Waals surface area contributed by atoms with Crippen LogP contribution in [0, 0.1) is 5.41 Å². The summed E-state index contributed by atoms with van der Waals surface area (Å²) >= 11 is 0. The Morgan fingerprint density at radius 1 is 1.05 bits per heavy atom. The lowest BCUT2D eigenvalue weighted by molar-refractivity contribution is -0.137. The second-order valence-corrected chi connectivity index (χ2v) is 5.70. The van der Waals surface area contributed by atoms with E-state index in [1.165, 1.54) is 0 Å². The van der Waals surface area contributed by atoms with Crippen LogP contribution in [0.4, 0.5) is 4.79 Å². The number of hydrogen-bond acceptors (Lipinski definition) is 3. The van der Waals surface area contributed by atoms with Crippen LogP contribution in [0.3, 0.4) is 0 Å². The Labute approximate surface area is 121 Å². The fourth-order valence-corrected chi connectivity index (χ4v) is 1.74. The molecule has 6 heteroatoms. The van der Waals surface area contributed by atoms with Gasteiger partial charge in [0.2, 0.25) is 0 Å². The number of nitrogens with one attached hydrogen (secondary N) is 3. The Kier molecular flexibility index (Phi) is 9.80. The normalized spacial score (nSPS) is 11.2. The number of hydrogen-bond donors (Lipinski definition) is 4. The molecule has 20 heavy (non-hydrogen) atoms. The van der Waals surface area contributed by atoms with Crippen LogP contribution in [-0.2, 0) is 4.79 Å². The van der Waals surface area contributed by atoms with E-state index in [-0.39, 0.29) is 17.9 Å². The monoisotopic (exact) mass is 287 g/mol. The second-order valence-electron chi connectivity index (χ2n) is 5.70. The number of carbonyl (C=O) groups is 2. The highest BCUT2D eigenvalue weighted by Crippen LogP contribution is 2.25. The predicted molar refractivity (Wildman–Crippen MR) is 79.8 cm³/mol. The molecule has 0 aliphatic rings. The van der Waals surface area contributed by atoms with Crippen LogP contribution in [-0.4, -0.2) is 43.3 Å². The molecule has 0 bridgehead atoms. The van der Waals surface area contributed by atoms with Crippen LogP contribution in [0.15, 0.2) is 0 Å². The molecule has 0 aromatic rings. The van der Waals surface area contributed by atoms with Gasteiger partial charge in [-0.25, -0.2) is 4.79 Å². The summed E-state index contributed by atoms with van der Waals surface area (Å²) in [6.45, 7) is 9.15. The van der Waals surface area contributed by atoms with Crippen molar-refractivity contribution in [1.29, 1.82) is 0 Å².